The normalized spacial score (nSPS) is 10.9. The molecule has 3 aromatic rings. The highest BCUT2D eigenvalue weighted by atomic mass is 16.1. The minimum atomic E-state index is -0.0100. The van der Waals surface area contributed by atoms with Crippen LogP contribution in [0.3, 0.4) is 0 Å². The molecule has 2 heteroatoms. The highest BCUT2D eigenvalue weighted by Crippen LogP contribution is 2.16. The first kappa shape index (κ1) is 13.1. The number of rotatable bonds is 4. The third-order valence-electron chi connectivity index (χ3n) is 3.29. The van der Waals surface area contributed by atoms with Gasteiger partial charge in [-0.05, 0) is 29.0 Å². The van der Waals surface area contributed by atoms with Gasteiger partial charge in [0.1, 0.15) is 0 Å². The number of allylic oxidation sites excluding steroid dienone is 1. The maximum absolute atomic E-state index is 12.2. The summed E-state index contributed by atoms with van der Waals surface area (Å²) in [6, 6.07) is 23.5. The van der Waals surface area contributed by atoms with Gasteiger partial charge in [-0.1, -0.05) is 54.6 Å². The van der Waals surface area contributed by atoms with Crippen LogP contribution < -0.4 is 5.32 Å². The van der Waals surface area contributed by atoms with E-state index in [9.17, 15) is 4.79 Å². The maximum atomic E-state index is 12.2. The molecule has 3 aromatic carbocycles. The number of anilines is 1. The highest BCUT2D eigenvalue weighted by Gasteiger charge is 2.02. The van der Waals surface area contributed by atoms with Crippen LogP contribution in [-0.2, 0) is 0 Å². The lowest BCUT2D eigenvalue weighted by Gasteiger charge is -2.01. The van der Waals surface area contributed by atoms with Crippen LogP contribution >= 0.6 is 0 Å². The van der Waals surface area contributed by atoms with Crippen molar-refractivity contribution in [3.8, 4) is 0 Å². The first-order chi connectivity index (χ1) is 10.3. The van der Waals surface area contributed by atoms with Gasteiger partial charge in [-0.3, -0.25) is 4.79 Å². The second kappa shape index (κ2) is 6.06. The monoisotopic (exact) mass is 273 g/mol. The molecule has 21 heavy (non-hydrogen) atoms. The summed E-state index contributed by atoms with van der Waals surface area (Å²) < 4.78 is 0. The molecule has 0 aliphatic carbocycles. The van der Waals surface area contributed by atoms with E-state index in [1.165, 1.54) is 0 Å². The van der Waals surface area contributed by atoms with Gasteiger partial charge in [0.15, 0.2) is 5.78 Å². The Morgan fingerprint density at radius 2 is 1.52 bits per heavy atom. The van der Waals surface area contributed by atoms with E-state index in [1.807, 2.05) is 72.8 Å². The molecule has 0 heterocycles. The van der Waals surface area contributed by atoms with Gasteiger partial charge in [-0.2, -0.15) is 0 Å². The lowest BCUT2D eigenvalue weighted by atomic mass is 10.0. The third-order valence-corrected chi connectivity index (χ3v) is 3.29. The molecule has 0 bridgehead atoms. The molecule has 0 saturated heterocycles. The zero-order chi connectivity index (χ0) is 14.5. The maximum Gasteiger partial charge on any atom is 0.187 e. The van der Waals surface area contributed by atoms with Crippen LogP contribution in [-0.4, -0.2) is 5.78 Å². The summed E-state index contributed by atoms with van der Waals surface area (Å²) in [4.78, 5) is 12.2. The van der Waals surface area contributed by atoms with Crippen molar-refractivity contribution in [2.45, 2.75) is 0 Å². The molecule has 102 valence electrons. The minimum absolute atomic E-state index is 0.0100. The Hall–Kier alpha value is -2.87. The topological polar surface area (TPSA) is 29.1 Å². The quantitative estimate of drug-likeness (QED) is 0.554. The molecule has 0 fully saturated rings. The average molecular weight is 273 g/mol. The van der Waals surface area contributed by atoms with E-state index in [0.29, 0.717) is 5.56 Å². The molecule has 2 nitrogen and oxygen atoms in total. The standard InChI is InChI=1S/C19H15NO/c21-19(12-13-20-18-8-2-1-3-9-18)17-11-10-15-6-4-5-7-16(15)14-17/h1-14,20H/b13-12+. The summed E-state index contributed by atoms with van der Waals surface area (Å²) in [6.07, 6.45) is 3.23. The smallest absolute Gasteiger partial charge is 0.187 e. The first-order valence-corrected chi connectivity index (χ1v) is 6.84. The van der Waals surface area contributed by atoms with Gasteiger partial charge in [0.25, 0.3) is 0 Å². The Morgan fingerprint density at radius 3 is 2.33 bits per heavy atom. The molecule has 0 saturated carbocycles. The number of nitrogens with one attached hydrogen (secondary N) is 1. The van der Waals surface area contributed by atoms with Crippen LogP contribution in [0.1, 0.15) is 10.4 Å². The van der Waals surface area contributed by atoms with E-state index in [0.717, 1.165) is 16.5 Å². The highest BCUT2D eigenvalue weighted by molar-refractivity contribution is 6.06. The van der Waals surface area contributed by atoms with Crippen molar-refractivity contribution in [1.29, 1.82) is 0 Å². The molecule has 0 aromatic heterocycles. The van der Waals surface area contributed by atoms with Gasteiger partial charge in [0, 0.05) is 23.5 Å². The van der Waals surface area contributed by atoms with Crippen LogP contribution in [0.25, 0.3) is 10.8 Å². The predicted molar refractivity (Wildman–Crippen MR) is 87.5 cm³/mol. The number of hydrogen-bond acceptors (Lipinski definition) is 2. The van der Waals surface area contributed by atoms with E-state index in [2.05, 4.69) is 5.32 Å². The number of benzene rings is 3. The second-order valence-electron chi connectivity index (χ2n) is 4.77. The summed E-state index contributed by atoms with van der Waals surface area (Å²) in [5, 5.41) is 5.30. The Balaban J connectivity index is 1.74. The SMILES string of the molecule is O=C(/C=C/Nc1ccccc1)c1ccc2ccccc2c1. The molecule has 0 amide bonds. The molecule has 0 aliphatic rings. The Bertz CT molecular complexity index is 791. The Kier molecular flexibility index (Phi) is 3.79. The number of carbonyl (C=O) groups is 1. The van der Waals surface area contributed by atoms with E-state index >= 15 is 0 Å². The van der Waals surface area contributed by atoms with Crippen molar-refractivity contribution in [2.75, 3.05) is 5.32 Å². The van der Waals surface area contributed by atoms with E-state index in [1.54, 1.807) is 12.3 Å². The largest absolute Gasteiger partial charge is 0.362 e. The second-order valence-corrected chi connectivity index (χ2v) is 4.77. The van der Waals surface area contributed by atoms with Crippen molar-refractivity contribution in [3.63, 3.8) is 0 Å². The van der Waals surface area contributed by atoms with Gasteiger partial charge in [-0.25, -0.2) is 0 Å². The number of ketones is 1. The first-order valence-electron chi connectivity index (χ1n) is 6.84. The zero-order valence-electron chi connectivity index (χ0n) is 11.5. The molecule has 0 unspecified atom stereocenters. The fraction of sp³-hybridized carbons (Fsp3) is 0. The molecule has 0 radical (unpaired) electrons. The van der Waals surface area contributed by atoms with Gasteiger partial charge in [0.05, 0.1) is 0 Å². The van der Waals surface area contributed by atoms with Gasteiger partial charge < -0.3 is 5.32 Å². The number of fused-ring (bicyclic) bond motifs is 1. The van der Waals surface area contributed by atoms with E-state index in [-0.39, 0.29) is 5.78 Å². The summed E-state index contributed by atoms with van der Waals surface area (Å²) in [5.41, 5.74) is 1.65. The van der Waals surface area contributed by atoms with Crippen LogP contribution in [0.2, 0.25) is 0 Å². The molecule has 3 rings (SSSR count). The van der Waals surface area contributed by atoms with Crippen molar-refractivity contribution in [2.24, 2.45) is 0 Å². The molecule has 0 spiro atoms. The van der Waals surface area contributed by atoms with Gasteiger partial charge >= 0.3 is 0 Å². The van der Waals surface area contributed by atoms with Crippen LogP contribution in [0.5, 0.6) is 0 Å². The molecule has 1 N–H and O–H groups in total. The molecule has 0 aliphatic heterocycles. The summed E-state index contributed by atoms with van der Waals surface area (Å²) in [5.74, 6) is -0.0100. The zero-order valence-corrected chi connectivity index (χ0v) is 11.5. The van der Waals surface area contributed by atoms with Crippen molar-refractivity contribution in [1.82, 2.24) is 0 Å². The van der Waals surface area contributed by atoms with Crippen molar-refractivity contribution >= 4 is 22.2 Å². The molecular weight excluding hydrogens is 258 g/mol. The fourth-order valence-corrected chi connectivity index (χ4v) is 2.19. The number of carbonyl (C=O) groups excluding carboxylic acids is 1. The third kappa shape index (κ3) is 3.18. The average Bonchev–Trinajstić information content (AvgIpc) is 2.55. The Labute approximate surface area is 123 Å². The molecule has 0 atom stereocenters. The van der Waals surface area contributed by atoms with Crippen molar-refractivity contribution in [3.05, 3.63) is 90.6 Å². The summed E-state index contributed by atoms with van der Waals surface area (Å²) in [7, 11) is 0. The van der Waals surface area contributed by atoms with Gasteiger partial charge in [0.2, 0.25) is 0 Å². The van der Waals surface area contributed by atoms with E-state index < -0.39 is 0 Å². The molecular formula is C19H15NO. The van der Waals surface area contributed by atoms with Crippen LogP contribution in [0.4, 0.5) is 5.69 Å². The fourth-order valence-electron chi connectivity index (χ4n) is 2.19. The van der Waals surface area contributed by atoms with E-state index in [4.69, 9.17) is 0 Å². The Morgan fingerprint density at radius 1 is 0.810 bits per heavy atom. The number of hydrogen-bond donors (Lipinski definition) is 1. The lowest BCUT2D eigenvalue weighted by molar-refractivity contribution is 0.104. The van der Waals surface area contributed by atoms with Crippen LogP contribution in [0, 0.1) is 0 Å². The lowest BCUT2D eigenvalue weighted by Crippen LogP contribution is -1.96. The summed E-state index contributed by atoms with van der Waals surface area (Å²) in [6.45, 7) is 0. The number of para-hydroxylation sites is 1. The predicted octanol–water partition coefficient (Wildman–Crippen LogP) is 4.65. The van der Waals surface area contributed by atoms with Crippen LogP contribution in [0.15, 0.2) is 85.1 Å². The minimum Gasteiger partial charge on any atom is -0.362 e. The van der Waals surface area contributed by atoms with Crippen molar-refractivity contribution < 1.29 is 4.79 Å². The van der Waals surface area contributed by atoms with Gasteiger partial charge in [-0.15, -0.1) is 0 Å². The summed E-state index contributed by atoms with van der Waals surface area (Å²) >= 11 is 0.